The molecule has 1 saturated heterocycles. The van der Waals surface area contributed by atoms with Crippen molar-refractivity contribution in [2.75, 3.05) is 23.9 Å². The molecule has 1 aliphatic heterocycles. The van der Waals surface area contributed by atoms with Gasteiger partial charge in [-0.05, 0) is 72.9 Å². The third-order valence-electron chi connectivity index (χ3n) is 5.25. The largest absolute Gasteiger partial charge is 0.416 e. The van der Waals surface area contributed by atoms with Gasteiger partial charge in [-0.25, -0.2) is 0 Å². The average Bonchev–Trinajstić information content (AvgIpc) is 3.24. The number of carbonyl (C=O) groups excluding carboxylic acids is 2. The van der Waals surface area contributed by atoms with Gasteiger partial charge in [0.25, 0.3) is 11.8 Å². The predicted octanol–water partition coefficient (Wildman–Crippen LogP) is 4.39. The standard InChI is InChI=1S/C24H19F3N4O2S/c1-29(2)16-8-10-17(11-9-16)30-12-4-7-18(30)14-20-21(32)28-23(34)31(22(20)33)19-6-3-5-15(13-19)24(25,26)27/h3-14H,1-2H3,(H,28,32,34)/b20-14+. The molecule has 2 aromatic carbocycles. The van der Waals surface area contributed by atoms with Crippen LogP contribution in [0.1, 0.15) is 11.3 Å². The minimum atomic E-state index is -4.60. The van der Waals surface area contributed by atoms with E-state index >= 15 is 0 Å². The lowest BCUT2D eigenvalue weighted by Gasteiger charge is -2.29. The molecule has 174 valence electrons. The molecule has 0 spiro atoms. The van der Waals surface area contributed by atoms with Crippen molar-refractivity contribution in [2.45, 2.75) is 6.18 Å². The van der Waals surface area contributed by atoms with E-state index in [1.165, 1.54) is 18.2 Å². The molecular weight excluding hydrogens is 465 g/mol. The summed E-state index contributed by atoms with van der Waals surface area (Å²) in [4.78, 5) is 28.7. The monoisotopic (exact) mass is 484 g/mol. The highest BCUT2D eigenvalue weighted by atomic mass is 32.1. The van der Waals surface area contributed by atoms with E-state index in [0.717, 1.165) is 28.4 Å². The first-order chi connectivity index (χ1) is 16.1. The third-order valence-corrected chi connectivity index (χ3v) is 5.53. The molecule has 1 N–H and O–H groups in total. The van der Waals surface area contributed by atoms with E-state index in [2.05, 4.69) is 5.32 Å². The summed E-state index contributed by atoms with van der Waals surface area (Å²) >= 11 is 5.09. The van der Waals surface area contributed by atoms with E-state index in [1.54, 1.807) is 22.9 Å². The lowest BCUT2D eigenvalue weighted by Crippen LogP contribution is -2.54. The number of aromatic nitrogens is 1. The Hall–Kier alpha value is -3.92. The SMILES string of the molecule is CN(C)c1ccc(-n2cccc2/C=C2\C(=O)NC(=S)N(c3cccc(C(F)(F)F)c3)C2=O)cc1. The Balaban J connectivity index is 1.71. The minimum Gasteiger partial charge on any atom is -0.378 e. The van der Waals surface area contributed by atoms with Crippen LogP contribution in [0.2, 0.25) is 0 Å². The molecule has 0 unspecified atom stereocenters. The van der Waals surface area contributed by atoms with Crippen LogP contribution in [0.4, 0.5) is 24.5 Å². The molecule has 2 amide bonds. The number of nitrogens with zero attached hydrogens (tertiary/aromatic N) is 3. The number of alkyl halides is 3. The summed E-state index contributed by atoms with van der Waals surface area (Å²) in [5, 5.41) is 2.10. The number of carbonyl (C=O) groups is 2. The van der Waals surface area contributed by atoms with Crippen LogP contribution < -0.4 is 15.1 Å². The molecule has 0 bridgehead atoms. The molecule has 2 heterocycles. The summed E-state index contributed by atoms with van der Waals surface area (Å²) in [6, 6.07) is 15.3. The van der Waals surface area contributed by atoms with Crippen LogP contribution in [0.15, 0.2) is 72.4 Å². The summed E-state index contributed by atoms with van der Waals surface area (Å²) in [6.07, 6.45) is -1.43. The number of anilines is 2. The Morgan fingerprint density at radius 3 is 2.32 bits per heavy atom. The zero-order valence-corrected chi connectivity index (χ0v) is 18.9. The second-order valence-corrected chi connectivity index (χ2v) is 8.11. The van der Waals surface area contributed by atoms with Crippen LogP contribution in [0.25, 0.3) is 11.8 Å². The lowest BCUT2D eigenvalue weighted by molar-refractivity contribution is -0.137. The van der Waals surface area contributed by atoms with Crippen molar-refractivity contribution in [3.05, 3.63) is 83.7 Å². The fourth-order valence-electron chi connectivity index (χ4n) is 3.52. The fourth-order valence-corrected chi connectivity index (χ4v) is 3.80. The topological polar surface area (TPSA) is 57.6 Å². The molecule has 0 aliphatic carbocycles. The lowest BCUT2D eigenvalue weighted by atomic mass is 10.1. The van der Waals surface area contributed by atoms with Crippen molar-refractivity contribution in [2.24, 2.45) is 0 Å². The Kier molecular flexibility index (Phi) is 6.01. The van der Waals surface area contributed by atoms with E-state index in [-0.39, 0.29) is 16.4 Å². The number of nitrogens with one attached hydrogen (secondary N) is 1. The highest BCUT2D eigenvalue weighted by Crippen LogP contribution is 2.32. The van der Waals surface area contributed by atoms with E-state index < -0.39 is 23.6 Å². The van der Waals surface area contributed by atoms with Crippen LogP contribution in [0, 0.1) is 0 Å². The quantitative estimate of drug-likeness (QED) is 0.339. The first-order valence-corrected chi connectivity index (χ1v) is 10.5. The van der Waals surface area contributed by atoms with Gasteiger partial charge in [0.15, 0.2) is 5.11 Å². The molecule has 1 aromatic heterocycles. The van der Waals surface area contributed by atoms with Crippen molar-refractivity contribution < 1.29 is 22.8 Å². The average molecular weight is 485 g/mol. The molecule has 34 heavy (non-hydrogen) atoms. The number of amides is 2. The van der Waals surface area contributed by atoms with Crippen molar-refractivity contribution >= 4 is 46.6 Å². The van der Waals surface area contributed by atoms with Crippen molar-refractivity contribution in [3.8, 4) is 5.69 Å². The zero-order chi connectivity index (χ0) is 24.6. The Morgan fingerprint density at radius 1 is 0.971 bits per heavy atom. The van der Waals surface area contributed by atoms with Gasteiger partial charge < -0.3 is 9.47 Å². The van der Waals surface area contributed by atoms with E-state index in [0.29, 0.717) is 5.69 Å². The van der Waals surface area contributed by atoms with E-state index in [1.807, 2.05) is 43.3 Å². The summed E-state index contributed by atoms with van der Waals surface area (Å²) < 4.78 is 41.3. The Bertz CT molecular complexity index is 1310. The maximum Gasteiger partial charge on any atom is 0.416 e. The van der Waals surface area contributed by atoms with Crippen LogP contribution in [-0.2, 0) is 15.8 Å². The molecule has 3 aromatic rings. The predicted molar refractivity (Wildman–Crippen MR) is 128 cm³/mol. The first kappa shape index (κ1) is 23.2. The number of rotatable bonds is 4. The van der Waals surface area contributed by atoms with Crippen LogP contribution >= 0.6 is 12.2 Å². The van der Waals surface area contributed by atoms with Gasteiger partial charge in [-0.2, -0.15) is 13.2 Å². The fraction of sp³-hybridized carbons (Fsp3) is 0.125. The summed E-state index contributed by atoms with van der Waals surface area (Å²) in [6.45, 7) is 0. The van der Waals surface area contributed by atoms with Gasteiger partial charge in [0, 0.05) is 37.4 Å². The molecule has 0 saturated carbocycles. The zero-order valence-electron chi connectivity index (χ0n) is 18.1. The minimum absolute atomic E-state index is 0.0922. The van der Waals surface area contributed by atoms with Gasteiger partial charge in [0.05, 0.1) is 11.3 Å². The molecule has 0 atom stereocenters. The molecule has 6 nitrogen and oxygen atoms in total. The highest BCUT2D eigenvalue weighted by Gasteiger charge is 2.36. The third kappa shape index (κ3) is 4.44. The van der Waals surface area contributed by atoms with Gasteiger partial charge in [-0.3, -0.25) is 19.8 Å². The molecular formula is C24H19F3N4O2S. The Labute approximate surface area is 198 Å². The Morgan fingerprint density at radius 2 is 1.68 bits per heavy atom. The van der Waals surface area contributed by atoms with E-state index in [4.69, 9.17) is 12.2 Å². The summed E-state index contributed by atoms with van der Waals surface area (Å²) in [5.74, 6) is -1.54. The smallest absolute Gasteiger partial charge is 0.378 e. The van der Waals surface area contributed by atoms with Gasteiger partial charge in [0.2, 0.25) is 0 Å². The maximum atomic E-state index is 13.2. The van der Waals surface area contributed by atoms with Gasteiger partial charge in [-0.15, -0.1) is 0 Å². The van der Waals surface area contributed by atoms with Gasteiger partial charge >= 0.3 is 6.18 Å². The molecule has 4 rings (SSSR count). The first-order valence-electron chi connectivity index (χ1n) is 10.1. The molecule has 1 aliphatic rings. The van der Waals surface area contributed by atoms with Crippen molar-refractivity contribution in [1.29, 1.82) is 0 Å². The van der Waals surface area contributed by atoms with Gasteiger partial charge in [0.1, 0.15) is 5.57 Å². The molecule has 0 radical (unpaired) electrons. The van der Waals surface area contributed by atoms with Crippen LogP contribution in [-0.4, -0.2) is 35.6 Å². The molecule has 1 fully saturated rings. The second kappa shape index (κ2) is 8.79. The number of benzene rings is 2. The van der Waals surface area contributed by atoms with Crippen LogP contribution in [0.5, 0.6) is 0 Å². The molecule has 10 heteroatoms. The highest BCUT2D eigenvalue weighted by molar-refractivity contribution is 7.80. The number of halogens is 3. The maximum absolute atomic E-state index is 13.2. The summed E-state index contributed by atoms with van der Waals surface area (Å²) in [7, 11) is 3.85. The van der Waals surface area contributed by atoms with Crippen molar-refractivity contribution in [1.82, 2.24) is 9.88 Å². The van der Waals surface area contributed by atoms with E-state index in [9.17, 15) is 22.8 Å². The van der Waals surface area contributed by atoms with Crippen molar-refractivity contribution in [3.63, 3.8) is 0 Å². The van der Waals surface area contributed by atoms with Crippen LogP contribution in [0.3, 0.4) is 0 Å². The number of thiocarbonyl (C=S) groups is 1. The normalized spacial score (nSPS) is 15.6. The van der Waals surface area contributed by atoms with Gasteiger partial charge in [-0.1, -0.05) is 6.07 Å². The number of hydrogen-bond acceptors (Lipinski definition) is 4. The second-order valence-electron chi connectivity index (χ2n) is 7.72. The summed E-state index contributed by atoms with van der Waals surface area (Å²) in [5.41, 5.74) is 1.06. The number of hydrogen-bond donors (Lipinski definition) is 1.